The van der Waals surface area contributed by atoms with Crippen molar-refractivity contribution in [2.24, 2.45) is 0 Å². The predicted molar refractivity (Wildman–Crippen MR) is 138 cm³/mol. The Morgan fingerprint density at radius 3 is 2.54 bits per heavy atom. The van der Waals surface area contributed by atoms with Gasteiger partial charge in [-0.2, -0.15) is 0 Å². The summed E-state index contributed by atoms with van der Waals surface area (Å²) in [4.78, 5) is 43.6. The van der Waals surface area contributed by atoms with E-state index in [1.165, 1.54) is 23.1 Å². The largest absolute Gasteiger partial charge is 0.508 e. The first-order valence-corrected chi connectivity index (χ1v) is 11.8. The van der Waals surface area contributed by atoms with E-state index in [0.717, 1.165) is 5.52 Å². The Morgan fingerprint density at radius 2 is 1.78 bits per heavy atom. The van der Waals surface area contributed by atoms with Gasteiger partial charge in [-0.15, -0.1) is 0 Å². The number of nitrogens with zero attached hydrogens (tertiary/aromatic N) is 1. The molecule has 0 spiro atoms. The number of aliphatic hydroxyl groups is 1. The van der Waals surface area contributed by atoms with Crippen molar-refractivity contribution in [3.8, 4) is 5.75 Å². The highest BCUT2D eigenvalue weighted by atomic mass is 16.5. The molecule has 8 nitrogen and oxygen atoms in total. The number of aromatic nitrogens is 1. The minimum Gasteiger partial charge on any atom is -0.508 e. The summed E-state index contributed by atoms with van der Waals surface area (Å²) in [5.74, 6) is -2.56. The van der Waals surface area contributed by atoms with Crippen molar-refractivity contribution in [2.45, 2.75) is 19.4 Å². The highest BCUT2D eigenvalue weighted by Crippen LogP contribution is 2.43. The third kappa shape index (κ3) is 4.23. The lowest BCUT2D eigenvalue weighted by Gasteiger charge is -2.25. The molecule has 1 aliphatic heterocycles. The van der Waals surface area contributed by atoms with E-state index in [2.05, 4.69) is 4.98 Å². The smallest absolute Gasteiger partial charge is 0.338 e. The number of nitrogens with one attached hydrogen (secondary N) is 1. The molecule has 0 radical (unpaired) electrons. The number of rotatable bonds is 6. The van der Waals surface area contributed by atoms with E-state index in [9.17, 15) is 24.6 Å². The first-order valence-electron chi connectivity index (χ1n) is 11.8. The molecule has 1 aromatic heterocycles. The van der Waals surface area contributed by atoms with Crippen molar-refractivity contribution in [3.05, 3.63) is 101 Å². The van der Waals surface area contributed by atoms with Crippen LogP contribution in [-0.2, 0) is 14.3 Å². The van der Waals surface area contributed by atoms with Gasteiger partial charge >= 0.3 is 5.97 Å². The van der Waals surface area contributed by atoms with Gasteiger partial charge in [-0.3, -0.25) is 14.5 Å². The molecule has 0 bridgehead atoms. The lowest BCUT2D eigenvalue weighted by atomic mass is 9.95. The lowest BCUT2D eigenvalue weighted by molar-refractivity contribution is -0.132. The number of esters is 1. The van der Waals surface area contributed by atoms with Crippen LogP contribution in [0.5, 0.6) is 5.75 Å². The van der Waals surface area contributed by atoms with E-state index >= 15 is 0 Å². The maximum absolute atomic E-state index is 13.4. The molecular weight excluding hydrogens is 472 g/mol. The second-order valence-corrected chi connectivity index (χ2v) is 8.69. The maximum atomic E-state index is 13.4. The zero-order valence-electron chi connectivity index (χ0n) is 20.0. The number of phenols is 1. The van der Waals surface area contributed by atoms with Crippen LogP contribution < -0.4 is 4.90 Å². The number of hydrogen-bond donors (Lipinski definition) is 3. The van der Waals surface area contributed by atoms with Crippen LogP contribution in [0.3, 0.4) is 0 Å². The number of aromatic hydroxyl groups is 1. The van der Waals surface area contributed by atoms with Crippen LogP contribution in [0.15, 0.2) is 84.6 Å². The second kappa shape index (κ2) is 9.66. The molecule has 1 atom stereocenters. The van der Waals surface area contributed by atoms with E-state index in [0.29, 0.717) is 28.6 Å². The number of benzene rings is 3. The Labute approximate surface area is 212 Å². The number of Topliss-reactive ketones (excluding diaryl/α,β-unsaturated/α-hetero) is 1. The van der Waals surface area contributed by atoms with E-state index in [4.69, 9.17) is 4.74 Å². The number of carbonyl (C=O) groups is 3. The van der Waals surface area contributed by atoms with Crippen LogP contribution in [0.25, 0.3) is 16.7 Å². The number of para-hydroxylation sites is 1. The number of amides is 1. The number of H-pyrrole nitrogens is 1. The molecule has 5 rings (SSSR count). The van der Waals surface area contributed by atoms with Gasteiger partial charge in [-0.1, -0.05) is 43.3 Å². The fourth-order valence-corrected chi connectivity index (χ4v) is 4.54. The second-order valence-electron chi connectivity index (χ2n) is 8.69. The van der Waals surface area contributed by atoms with Gasteiger partial charge in [0.05, 0.1) is 23.8 Å². The number of aliphatic hydroxyl groups excluding tert-OH is 1. The number of aromatic amines is 1. The molecule has 3 aromatic carbocycles. The van der Waals surface area contributed by atoms with E-state index in [-0.39, 0.29) is 29.3 Å². The Kier molecular flexibility index (Phi) is 6.23. The molecule has 3 N–H and O–H groups in total. The van der Waals surface area contributed by atoms with Crippen LogP contribution in [0.2, 0.25) is 0 Å². The minimum atomic E-state index is -1.00. The van der Waals surface area contributed by atoms with Crippen LogP contribution in [0.4, 0.5) is 5.69 Å². The maximum Gasteiger partial charge on any atom is 0.338 e. The zero-order valence-corrected chi connectivity index (χ0v) is 20.0. The number of hydrogen-bond acceptors (Lipinski definition) is 6. The van der Waals surface area contributed by atoms with Crippen molar-refractivity contribution in [2.75, 3.05) is 11.5 Å². The third-order valence-electron chi connectivity index (χ3n) is 6.29. The topological polar surface area (TPSA) is 120 Å². The summed E-state index contributed by atoms with van der Waals surface area (Å²) in [5.41, 5.74) is 2.07. The van der Waals surface area contributed by atoms with Gasteiger partial charge in [-0.25, -0.2) is 4.79 Å². The summed E-state index contributed by atoms with van der Waals surface area (Å²) < 4.78 is 5.23. The molecule has 1 saturated heterocycles. The van der Waals surface area contributed by atoms with Gasteiger partial charge in [0, 0.05) is 28.4 Å². The van der Waals surface area contributed by atoms with Crippen molar-refractivity contribution in [1.82, 2.24) is 4.98 Å². The first-order chi connectivity index (χ1) is 17.9. The summed E-state index contributed by atoms with van der Waals surface area (Å²) >= 11 is 0. The fraction of sp³-hybridized carbons (Fsp3) is 0.138. The van der Waals surface area contributed by atoms with Gasteiger partial charge in [0.25, 0.3) is 11.7 Å². The minimum absolute atomic E-state index is 0.0120. The summed E-state index contributed by atoms with van der Waals surface area (Å²) in [5, 5.41) is 21.9. The van der Waals surface area contributed by atoms with Gasteiger partial charge in [0.15, 0.2) is 0 Å². The van der Waals surface area contributed by atoms with Crippen molar-refractivity contribution >= 4 is 40.0 Å². The highest BCUT2D eigenvalue weighted by molar-refractivity contribution is 6.51. The third-order valence-corrected chi connectivity index (χ3v) is 6.29. The quantitative estimate of drug-likeness (QED) is 0.148. The molecule has 2 heterocycles. The van der Waals surface area contributed by atoms with E-state index < -0.39 is 23.7 Å². The SMILES string of the molecule is CCCOC(=O)c1cccc(N2C(=O)C(=O)/C(=C(\O)c3c[nH]c4ccccc34)C2c2ccc(O)cc2)c1. The number of fused-ring (bicyclic) bond motifs is 1. The van der Waals surface area contributed by atoms with Crippen molar-refractivity contribution in [1.29, 1.82) is 0 Å². The standard InChI is InChI=1S/C29H24N2O6/c1-2-14-37-29(36)18-6-5-7-19(15-18)31-25(17-10-12-20(32)13-11-17)24(27(34)28(31)35)26(33)22-16-30-23-9-4-3-8-21(22)23/h3-13,15-16,25,30,32-33H,2,14H2,1H3/b26-24-. The highest BCUT2D eigenvalue weighted by Gasteiger charge is 2.47. The molecule has 0 saturated carbocycles. The molecular formula is C29H24N2O6. The molecule has 8 heteroatoms. The van der Waals surface area contributed by atoms with Crippen LogP contribution >= 0.6 is 0 Å². The monoisotopic (exact) mass is 496 g/mol. The predicted octanol–water partition coefficient (Wildman–Crippen LogP) is 5.07. The van der Waals surface area contributed by atoms with Crippen LogP contribution in [0.1, 0.15) is 40.9 Å². The summed E-state index contributed by atoms with van der Waals surface area (Å²) in [6, 6.07) is 18.6. The average molecular weight is 497 g/mol. The Morgan fingerprint density at radius 1 is 1.03 bits per heavy atom. The average Bonchev–Trinajstić information content (AvgIpc) is 3.46. The molecule has 0 aliphatic carbocycles. The molecule has 1 unspecified atom stereocenters. The number of anilines is 1. The molecule has 1 fully saturated rings. The normalized spacial score (nSPS) is 16.9. The van der Waals surface area contributed by atoms with Crippen molar-refractivity contribution < 1.29 is 29.3 Å². The number of ketones is 1. The van der Waals surface area contributed by atoms with E-state index in [1.54, 1.807) is 42.6 Å². The lowest BCUT2D eigenvalue weighted by Crippen LogP contribution is -2.29. The number of phenolic OH excluding ortho intramolecular Hbond substituents is 1. The van der Waals surface area contributed by atoms with Gasteiger partial charge in [0.1, 0.15) is 11.5 Å². The molecule has 1 amide bonds. The Balaban J connectivity index is 1.68. The molecule has 186 valence electrons. The molecule has 4 aromatic rings. The van der Waals surface area contributed by atoms with Crippen LogP contribution in [-0.4, -0.2) is 39.5 Å². The summed E-state index contributed by atoms with van der Waals surface area (Å²) in [6.45, 7) is 2.14. The van der Waals surface area contributed by atoms with Gasteiger partial charge in [-0.05, 0) is 48.4 Å². The van der Waals surface area contributed by atoms with Gasteiger partial charge < -0.3 is 19.9 Å². The van der Waals surface area contributed by atoms with Crippen molar-refractivity contribution in [3.63, 3.8) is 0 Å². The van der Waals surface area contributed by atoms with E-state index in [1.807, 2.05) is 25.1 Å². The van der Waals surface area contributed by atoms with Gasteiger partial charge in [0.2, 0.25) is 0 Å². The molecule has 1 aliphatic rings. The number of carbonyl (C=O) groups excluding carboxylic acids is 3. The fourth-order valence-electron chi connectivity index (χ4n) is 4.54. The number of ether oxygens (including phenoxy) is 1. The zero-order chi connectivity index (χ0) is 26.1. The summed E-state index contributed by atoms with van der Waals surface area (Å²) in [7, 11) is 0. The summed E-state index contributed by atoms with van der Waals surface area (Å²) in [6.07, 6.45) is 2.25. The Hall–Kier alpha value is -4.85. The first kappa shape index (κ1) is 23.9. The Bertz CT molecular complexity index is 1550. The van der Waals surface area contributed by atoms with Crippen LogP contribution in [0, 0.1) is 0 Å². The molecule has 37 heavy (non-hydrogen) atoms.